The number of aromatic nitrogens is 3. The molecule has 2 aromatic rings. The van der Waals surface area contributed by atoms with Gasteiger partial charge in [-0.15, -0.1) is 0 Å². The molecule has 0 aliphatic carbocycles. The van der Waals surface area contributed by atoms with Gasteiger partial charge in [0.25, 0.3) is 0 Å². The number of ether oxygens (including phenoxy) is 1. The quantitative estimate of drug-likeness (QED) is 0.321. The van der Waals surface area contributed by atoms with Crippen molar-refractivity contribution in [2.45, 2.75) is 64.0 Å². The number of piperidine rings is 1. The first-order chi connectivity index (χ1) is 18.3. The van der Waals surface area contributed by atoms with Crippen molar-refractivity contribution < 1.29 is 17.9 Å². The summed E-state index contributed by atoms with van der Waals surface area (Å²) in [5.74, 6) is 2.30. The van der Waals surface area contributed by atoms with E-state index in [-0.39, 0.29) is 12.0 Å². The van der Waals surface area contributed by atoms with Gasteiger partial charge in [0.1, 0.15) is 42.1 Å². The number of hydrogen-bond acceptors (Lipinski definition) is 7. The highest BCUT2D eigenvalue weighted by Gasteiger charge is 2.30. The fourth-order valence-corrected chi connectivity index (χ4v) is 5.45. The SMILES string of the molecule is CNC(C)NC(=NCC(F)(F)F)c1cn2c(n1)-c1cnc(N3CCCC3CN3CCCCC3)cc1OCC2. The third kappa shape index (κ3) is 6.23. The highest BCUT2D eigenvalue weighted by atomic mass is 19.4. The van der Waals surface area contributed by atoms with Crippen molar-refractivity contribution in [3.05, 3.63) is 24.2 Å². The van der Waals surface area contributed by atoms with E-state index in [1.165, 1.54) is 32.4 Å². The number of aliphatic imine (C=N–C) groups is 1. The molecule has 5 heterocycles. The Morgan fingerprint density at radius 3 is 2.76 bits per heavy atom. The first-order valence-electron chi connectivity index (χ1n) is 13.6. The monoisotopic (exact) mass is 534 g/mol. The molecule has 5 rings (SSSR count). The number of halogens is 3. The molecule has 2 aromatic heterocycles. The largest absolute Gasteiger partial charge is 0.491 e. The van der Waals surface area contributed by atoms with Crippen LogP contribution in [0, 0.1) is 0 Å². The van der Waals surface area contributed by atoms with E-state index in [0.717, 1.165) is 37.3 Å². The van der Waals surface area contributed by atoms with Gasteiger partial charge in [-0.05, 0) is 52.7 Å². The third-order valence-electron chi connectivity index (χ3n) is 7.49. The molecular weight excluding hydrogens is 497 g/mol. The van der Waals surface area contributed by atoms with Crippen LogP contribution < -0.4 is 20.3 Å². The minimum atomic E-state index is -4.41. The molecule has 12 heteroatoms. The average molecular weight is 535 g/mol. The summed E-state index contributed by atoms with van der Waals surface area (Å²) >= 11 is 0. The number of fused-ring (bicyclic) bond motifs is 3. The van der Waals surface area contributed by atoms with Gasteiger partial charge in [0.2, 0.25) is 0 Å². The second-order valence-electron chi connectivity index (χ2n) is 10.3. The standard InChI is InChI=1S/C26H37F3N8O/c1-18(30-2)33-24(32-17-26(27,28)29)21-16-36-11-12-38-22-13-23(31-14-20(22)25(36)34-21)37-10-6-7-19(37)15-35-8-4-3-5-9-35/h13-14,16,18-19,30H,3-12,15,17H2,1-2H3,(H,32,33). The van der Waals surface area contributed by atoms with Crippen LogP contribution in [0.4, 0.5) is 19.0 Å². The van der Waals surface area contributed by atoms with Crippen LogP contribution in [0.15, 0.2) is 23.5 Å². The minimum absolute atomic E-state index is 0.0921. The maximum Gasteiger partial charge on any atom is 0.408 e. The molecule has 9 nitrogen and oxygen atoms in total. The molecule has 0 bridgehead atoms. The van der Waals surface area contributed by atoms with Crippen molar-refractivity contribution in [2.75, 3.05) is 51.3 Å². The molecule has 38 heavy (non-hydrogen) atoms. The van der Waals surface area contributed by atoms with E-state index in [9.17, 15) is 13.2 Å². The summed E-state index contributed by atoms with van der Waals surface area (Å²) in [7, 11) is 1.72. The van der Waals surface area contributed by atoms with E-state index in [0.29, 0.717) is 36.5 Å². The highest BCUT2D eigenvalue weighted by molar-refractivity contribution is 5.97. The van der Waals surface area contributed by atoms with Crippen molar-refractivity contribution in [3.8, 4) is 17.1 Å². The maximum absolute atomic E-state index is 12.9. The predicted octanol–water partition coefficient (Wildman–Crippen LogP) is 3.26. The zero-order chi connectivity index (χ0) is 26.7. The number of hydrogen-bond donors (Lipinski definition) is 2. The lowest BCUT2D eigenvalue weighted by Crippen LogP contribution is -2.42. The summed E-state index contributed by atoms with van der Waals surface area (Å²) in [5, 5.41) is 5.96. The Morgan fingerprint density at radius 2 is 2.00 bits per heavy atom. The molecule has 0 amide bonds. The van der Waals surface area contributed by atoms with Crippen LogP contribution in [-0.4, -0.2) is 90.0 Å². The van der Waals surface area contributed by atoms with Crippen molar-refractivity contribution in [2.24, 2.45) is 4.99 Å². The molecule has 2 N–H and O–H groups in total. The summed E-state index contributed by atoms with van der Waals surface area (Å²) in [6.07, 6.45) is 4.98. The number of nitrogens with zero attached hydrogens (tertiary/aromatic N) is 6. The summed E-state index contributed by atoms with van der Waals surface area (Å²) in [4.78, 5) is 18.3. The number of nitrogens with one attached hydrogen (secondary N) is 2. The molecule has 208 valence electrons. The van der Waals surface area contributed by atoms with Crippen LogP contribution in [0.2, 0.25) is 0 Å². The van der Waals surface area contributed by atoms with Gasteiger partial charge >= 0.3 is 6.18 Å². The number of likely N-dealkylation sites (tertiary alicyclic amines) is 1. The summed E-state index contributed by atoms with van der Waals surface area (Å²) in [5.41, 5.74) is 1.07. The third-order valence-corrected chi connectivity index (χ3v) is 7.49. The molecule has 3 aliphatic heterocycles. The summed E-state index contributed by atoms with van der Waals surface area (Å²) in [6.45, 7) is 5.83. The minimum Gasteiger partial charge on any atom is -0.491 e. The van der Waals surface area contributed by atoms with Crippen LogP contribution in [0.3, 0.4) is 0 Å². The average Bonchev–Trinajstić information content (AvgIpc) is 3.50. The number of anilines is 1. The molecule has 0 aromatic carbocycles. The van der Waals surface area contributed by atoms with Crippen molar-refractivity contribution in [1.82, 2.24) is 30.1 Å². The molecule has 2 unspecified atom stereocenters. The predicted molar refractivity (Wildman–Crippen MR) is 141 cm³/mol. The molecule has 2 fully saturated rings. The Hall–Kier alpha value is -2.86. The van der Waals surface area contributed by atoms with E-state index in [2.05, 4.69) is 25.4 Å². The van der Waals surface area contributed by atoms with Gasteiger partial charge in [0.15, 0.2) is 0 Å². The lowest BCUT2D eigenvalue weighted by molar-refractivity contribution is -0.118. The Balaban J connectivity index is 1.40. The van der Waals surface area contributed by atoms with E-state index in [1.54, 1.807) is 26.4 Å². The van der Waals surface area contributed by atoms with E-state index >= 15 is 0 Å². The fourth-order valence-electron chi connectivity index (χ4n) is 5.45. The number of alkyl halides is 3. The first-order valence-corrected chi connectivity index (χ1v) is 13.6. The lowest BCUT2D eigenvalue weighted by Gasteiger charge is -2.33. The molecule has 2 atom stereocenters. The van der Waals surface area contributed by atoms with Gasteiger partial charge in [-0.2, -0.15) is 13.2 Å². The molecular formula is C26H37F3N8O. The van der Waals surface area contributed by atoms with Crippen LogP contribution in [0.25, 0.3) is 11.4 Å². The summed E-state index contributed by atoms with van der Waals surface area (Å²) in [6, 6.07) is 2.43. The molecule has 0 saturated carbocycles. The van der Waals surface area contributed by atoms with E-state index in [1.807, 2.05) is 10.6 Å². The Bertz CT molecular complexity index is 1130. The van der Waals surface area contributed by atoms with Crippen molar-refractivity contribution in [1.29, 1.82) is 0 Å². The van der Waals surface area contributed by atoms with Gasteiger partial charge < -0.3 is 29.7 Å². The van der Waals surface area contributed by atoms with Crippen LogP contribution in [-0.2, 0) is 6.54 Å². The molecule has 0 spiro atoms. The zero-order valence-corrected chi connectivity index (χ0v) is 22.1. The van der Waals surface area contributed by atoms with Crippen molar-refractivity contribution >= 4 is 11.7 Å². The number of amidine groups is 1. The molecule has 0 radical (unpaired) electrons. The smallest absolute Gasteiger partial charge is 0.408 e. The first kappa shape index (κ1) is 26.7. The van der Waals surface area contributed by atoms with Crippen LogP contribution in [0.1, 0.15) is 44.7 Å². The second kappa shape index (κ2) is 11.5. The van der Waals surface area contributed by atoms with Gasteiger partial charge in [-0.3, -0.25) is 4.99 Å². The van der Waals surface area contributed by atoms with E-state index in [4.69, 9.17) is 14.7 Å². The molecule has 3 aliphatic rings. The molecule has 2 saturated heterocycles. The van der Waals surface area contributed by atoms with Crippen LogP contribution >= 0.6 is 0 Å². The Morgan fingerprint density at radius 1 is 1.18 bits per heavy atom. The number of pyridine rings is 1. The lowest BCUT2D eigenvalue weighted by atomic mass is 10.1. The fraction of sp³-hybridized carbons (Fsp3) is 0.654. The van der Waals surface area contributed by atoms with Gasteiger partial charge in [0, 0.05) is 37.6 Å². The maximum atomic E-state index is 12.9. The number of rotatable bonds is 7. The Labute approximate surface area is 221 Å². The van der Waals surface area contributed by atoms with Crippen molar-refractivity contribution in [3.63, 3.8) is 0 Å². The number of imidazole rings is 1. The zero-order valence-electron chi connectivity index (χ0n) is 22.1. The van der Waals surface area contributed by atoms with Gasteiger partial charge in [-0.25, -0.2) is 9.97 Å². The normalized spacial score (nSPS) is 21.4. The summed E-state index contributed by atoms with van der Waals surface area (Å²) < 4.78 is 46.8. The Kier molecular flexibility index (Phi) is 8.08. The second-order valence-corrected chi connectivity index (χ2v) is 10.3. The van der Waals surface area contributed by atoms with Gasteiger partial charge in [-0.1, -0.05) is 6.42 Å². The highest BCUT2D eigenvalue weighted by Crippen LogP contribution is 2.36. The topological polar surface area (TPSA) is 82.8 Å². The van der Waals surface area contributed by atoms with E-state index < -0.39 is 12.7 Å². The van der Waals surface area contributed by atoms with Gasteiger partial charge in [0.05, 0.1) is 18.3 Å². The van der Waals surface area contributed by atoms with Crippen LogP contribution in [0.5, 0.6) is 5.75 Å².